The number of rotatable bonds is 4. The van der Waals surface area contributed by atoms with Crippen LogP contribution in [0.25, 0.3) is 0 Å². The average Bonchev–Trinajstić information content (AvgIpc) is 2.46. The summed E-state index contributed by atoms with van der Waals surface area (Å²) in [6, 6.07) is 0. The van der Waals surface area contributed by atoms with E-state index in [2.05, 4.69) is 11.9 Å². The number of carbonyl (C=O) groups excluding carboxylic acids is 1. The Bertz CT molecular complexity index is 208. The number of ketones is 1. The third kappa shape index (κ3) is 3.76. The summed E-state index contributed by atoms with van der Waals surface area (Å²) in [7, 11) is 2.07. The Morgan fingerprint density at radius 3 is 2.64 bits per heavy atom. The summed E-state index contributed by atoms with van der Waals surface area (Å²) in [4.78, 5) is 14.0. The molecule has 0 radical (unpaired) electrons. The second-order valence-electron chi connectivity index (χ2n) is 5.20. The fourth-order valence-corrected chi connectivity index (χ4v) is 1.85. The molecule has 0 bridgehead atoms. The minimum atomic E-state index is -0.208. The minimum absolute atomic E-state index is 0.208. The van der Waals surface area contributed by atoms with Crippen LogP contribution in [0.1, 0.15) is 33.1 Å². The molecule has 1 saturated heterocycles. The van der Waals surface area contributed by atoms with Crippen LogP contribution < -0.4 is 5.73 Å². The molecule has 0 aromatic carbocycles. The molecular formula is C11H22N2O. The number of Topliss-reactive ketones (excluding diaryl/α,β-unsaturated/α-hetero) is 1. The Hall–Kier alpha value is -0.410. The van der Waals surface area contributed by atoms with Crippen molar-refractivity contribution in [3.63, 3.8) is 0 Å². The van der Waals surface area contributed by atoms with E-state index in [9.17, 15) is 4.79 Å². The van der Waals surface area contributed by atoms with E-state index in [0.717, 1.165) is 25.9 Å². The lowest BCUT2D eigenvalue weighted by atomic mass is 9.93. The molecular weight excluding hydrogens is 176 g/mol. The highest BCUT2D eigenvalue weighted by Gasteiger charge is 2.26. The van der Waals surface area contributed by atoms with Crippen LogP contribution in [0.15, 0.2) is 0 Å². The zero-order chi connectivity index (χ0) is 10.8. The Morgan fingerprint density at radius 1 is 1.57 bits per heavy atom. The summed E-state index contributed by atoms with van der Waals surface area (Å²) >= 11 is 0. The SMILES string of the molecule is CN1CCC(C(=O)CCC(C)(C)N)C1. The molecule has 0 aromatic heterocycles. The van der Waals surface area contributed by atoms with Crippen molar-refractivity contribution in [1.82, 2.24) is 4.90 Å². The Kier molecular flexibility index (Phi) is 3.67. The predicted octanol–water partition coefficient (Wildman–Crippen LogP) is 1.02. The van der Waals surface area contributed by atoms with Gasteiger partial charge in [0.05, 0.1) is 0 Å². The van der Waals surface area contributed by atoms with Crippen LogP contribution in [0.5, 0.6) is 0 Å². The molecule has 1 rings (SSSR count). The lowest BCUT2D eigenvalue weighted by Crippen LogP contribution is -2.33. The first-order valence-corrected chi connectivity index (χ1v) is 5.38. The molecule has 0 amide bonds. The molecule has 1 unspecified atom stereocenters. The number of hydrogen-bond donors (Lipinski definition) is 1. The van der Waals surface area contributed by atoms with Crippen molar-refractivity contribution in [1.29, 1.82) is 0 Å². The quantitative estimate of drug-likeness (QED) is 0.733. The highest BCUT2D eigenvalue weighted by Crippen LogP contribution is 2.19. The van der Waals surface area contributed by atoms with E-state index < -0.39 is 0 Å². The molecule has 82 valence electrons. The van der Waals surface area contributed by atoms with Crippen LogP contribution in [0.2, 0.25) is 0 Å². The smallest absolute Gasteiger partial charge is 0.137 e. The van der Waals surface area contributed by atoms with Crippen molar-refractivity contribution < 1.29 is 4.79 Å². The molecule has 14 heavy (non-hydrogen) atoms. The molecule has 0 aliphatic carbocycles. The molecule has 3 nitrogen and oxygen atoms in total. The molecule has 0 aromatic rings. The fraction of sp³-hybridized carbons (Fsp3) is 0.909. The first kappa shape index (κ1) is 11.7. The molecule has 1 heterocycles. The van der Waals surface area contributed by atoms with Crippen molar-refractivity contribution in [3.05, 3.63) is 0 Å². The molecule has 0 spiro atoms. The van der Waals surface area contributed by atoms with Gasteiger partial charge in [0.25, 0.3) is 0 Å². The summed E-state index contributed by atoms with van der Waals surface area (Å²) < 4.78 is 0. The second-order valence-corrected chi connectivity index (χ2v) is 5.20. The van der Waals surface area contributed by atoms with Gasteiger partial charge < -0.3 is 10.6 Å². The van der Waals surface area contributed by atoms with Gasteiger partial charge in [-0.15, -0.1) is 0 Å². The second kappa shape index (κ2) is 4.41. The van der Waals surface area contributed by atoms with E-state index >= 15 is 0 Å². The normalized spacial score (nSPS) is 24.1. The molecule has 1 atom stereocenters. The Morgan fingerprint density at radius 2 is 2.21 bits per heavy atom. The van der Waals surface area contributed by atoms with Crippen LogP contribution in [-0.4, -0.2) is 36.4 Å². The molecule has 2 N–H and O–H groups in total. The van der Waals surface area contributed by atoms with E-state index in [4.69, 9.17) is 5.73 Å². The Balaban J connectivity index is 2.29. The first-order valence-electron chi connectivity index (χ1n) is 5.38. The summed E-state index contributed by atoms with van der Waals surface area (Å²) in [6.07, 6.45) is 2.47. The maximum atomic E-state index is 11.8. The van der Waals surface area contributed by atoms with Gasteiger partial charge in [0.1, 0.15) is 5.78 Å². The molecule has 3 heteroatoms. The van der Waals surface area contributed by atoms with Crippen LogP contribution in [-0.2, 0) is 4.79 Å². The maximum absolute atomic E-state index is 11.8. The largest absolute Gasteiger partial charge is 0.326 e. The van der Waals surface area contributed by atoms with Gasteiger partial charge in [0.15, 0.2) is 0 Å². The van der Waals surface area contributed by atoms with Crippen molar-refractivity contribution >= 4 is 5.78 Å². The van der Waals surface area contributed by atoms with E-state index in [-0.39, 0.29) is 11.5 Å². The fourth-order valence-electron chi connectivity index (χ4n) is 1.85. The van der Waals surface area contributed by atoms with Crippen molar-refractivity contribution in [2.45, 2.75) is 38.6 Å². The van der Waals surface area contributed by atoms with Gasteiger partial charge in [0.2, 0.25) is 0 Å². The molecule has 1 aliphatic heterocycles. The zero-order valence-electron chi connectivity index (χ0n) is 9.55. The predicted molar refractivity (Wildman–Crippen MR) is 58.1 cm³/mol. The van der Waals surface area contributed by atoms with Crippen molar-refractivity contribution in [2.24, 2.45) is 11.7 Å². The lowest BCUT2D eigenvalue weighted by molar-refractivity contribution is -0.122. The van der Waals surface area contributed by atoms with Crippen LogP contribution in [0.3, 0.4) is 0 Å². The minimum Gasteiger partial charge on any atom is -0.326 e. The van der Waals surface area contributed by atoms with E-state index in [1.54, 1.807) is 0 Å². The topological polar surface area (TPSA) is 46.3 Å². The van der Waals surface area contributed by atoms with Gasteiger partial charge in [-0.05, 0) is 40.3 Å². The van der Waals surface area contributed by atoms with Gasteiger partial charge >= 0.3 is 0 Å². The van der Waals surface area contributed by atoms with Crippen molar-refractivity contribution in [2.75, 3.05) is 20.1 Å². The van der Waals surface area contributed by atoms with Gasteiger partial charge in [-0.1, -0.05) is 0 Å². The van der Waals surface area contributed by atoms with Crippen LogP contribution in [0.4, 0.5) is 0 Å². The number of likely N-dealkylation sites (tertiary alicyclic amines) is 1. The highest BCUT2D eigenvalue weighted by molar-refractivity contribution is 5.81. The molecule has 0 saturated carbocycles. The number of nitrogens with zero attached hydrogens (tertiary/aromatic N) is 1. The van der Waals surface area contributed by atoms with Gasteiger partial charge in [-0.2, -0.15) is 0 Å². The van der Waals surface area contributed by atoms with Gasteiger partial charge in [-0.3, -0.25) is 4.79 Å². The maximum Gasteiger partial charge on any atom is 0.137 e. The standard InChI is InChI=1S/C11H22N2O/c1-11(2,12)6-4-10(14)9-5-7-13(3)8-9/h9H,4-8,12H2,1-3H3. The number of hydrogen-bond acceptors (Lipinski definition) is 3. The van der Waals surface area contributed by atoms with E-state index in [1.807, 2.05) is 13.8 Å². The monoisotopic (exact) mass is 198 g/mol. The van der Waals surface area contributed by atoms with Crippen molar-refractivity contribution in [3.8, 4) is 0 Å². The van der Waals surface area contributed by atoms with E-state index in [0.29, 0.717) is 12.2 Å². The molecule has 1 aliphatic rings. The summed E-state index contributed by atoms with van der Waals surface area (Å²) in [5, 5.41) is 0. The third-order valence-electron chi connectivity index (χ3n) is 2.86. The zero-order valence-corrected chi connectivity index (χ0v) is 9.55. The van der Waals surface area contributed by atoms with Crippen LogP contribution in [0, 0.1) is 5.92 Å². The number of nitrogens with two attached hydrogens (primary N) is 1. The molecule has 1 fully saturated rings. The highest BCUT2D eigenvalue weighted by atomic mass is 16.1. The number of carbonyl (C=O) groups is 1. The summed E-state index contributed by atoms with van der Waals surface area (Å²) in [6.45, 7) is 5.94. The third-order valence-corrected chi connectivity index (χ3v) is 2.86. The Labute approximate surface area is 86.6 Å². The average molecular weight is 198 g/mol. The summed E-state index contributed by atoms with van der Waals surface area (Å²) in [5.41, 5.74) is 5.64. The first-order chi connectivity index (χ1) is 6.38. The van der Waals surface area contributed by atoms with E-state index in [1.165, 1.54) is 0 Å². The lowest BCUT2D eigenvalue weighted by Gasteiger charge is -2.18. The van der Waals surface area contributed by atoms with Gasteiger partial charge in [-0.25, -0.2) is 0 Å². The van der Waals surface area contributed by atoms with Gasteiger partial charge in [0, 0.05) is 24.4 Å². The van der Waals surface area contributed by atoms with Crippen LogP contribution >= 0.6 is 0 Å². The summed E-state index contributed by atoms with van der Waals surface area (Å²) in [5.74, 6) is 0.662.